The average molecular weight is 330 g/mol. The van der Waals surface area contributed by atoms with Crippen molar-refractivity contribution in [2.45, 2.75) is 12.7 Å². The largest absolute Gasteiger partial charge is 0.478 e. The van der Waals surface area contributed by atoms with Crippen LogP contribution in [0.3, 0.4) is 0 Å². The minimum Gasteiger partial charge on any atom is -0.478 e. The molecule has 0 saturated carbocycles. The lowest BCUT2D eigenvalue weighted by molar-refractivity contribution is -0.137. The third-order valence-electron chi connectivity index (χ3n) is 2.97. The molecule has 7 heteroatoms. The van der Waals surface area contributed by atoms with E-state index in [0.29, 0.717) is 11.1 Å². The zero-order chi connectivity index (χ0) is 16.3. The van der Waals surface area contributed by atoms with Crippen molar-refractivity contribution < 1.29 is 23.1 Å². The molecule has 116 valence electrons. The lowest BCUT2D eigenvalue weighted by Gasteiger charge is -2.13. The molecule has 2 aromatic carbocycles. The Morgan fingerprint density at radius 1 is 1.14 bits per heavy atom. The van der Waals surface area contributed by atoms with Crippen molar-refractivity contribution in [3.05, 3.63) is 64.2 Å². The van der Waals surface area contributed by atoms with E-state index in [4.69, 9.17) is 16.7 Å². The predicted octanol–water partition coefficient (Wildman–Crippen LogP) is 4.67. The predicted molar refractivity (Wildman–Crippen MR) is 77.2 cm³/mol. The third kappa shape index (κ3) is 3.92. The van der Waals surface area contributed by atoms with Crippen molar-refractivity contribution >= 4 is 23.3 Å². The maximum absolute atomic E-state index is 12.6. The number of halogens is 4. The fourth-order valence-electron chi connectivity index (χ4n) is 1.85. The van der Waals surface area contributed by atoms with E-state index in [1.54, 1.807) is 24.3 Å². The van der Waals surface area contributed by atoms with E-state index in [0.717, 1.165) is 17.7 Å². The van der Waals surface area contributed by atoms with Crippen LogP contribution in [0.1, 0.15) is 21.5 Å². The fourth-order valence-corrected chi connectivity index (χ4v) is 1.98. The van der Waals surface area contributed by atoms with Gasteiger partial charge < -0.3 is 10.4 Å². The van der Waals surface area contributed by atoms with Crippen LogP contribution in [-0.4, -0.2) is 11.1 Å². The van der Waals surface area contributed by atoms with Crippen LogP contribution in [0.2, 0.25) is 5.02 Å². The van der Waals surface area contributed by atoms with Crippen LogP contribution < -0.4 is 5.32 Å². The Morgan fingerprint density at radius 3 is 2.32 bits per heavy atom. The fraction of sp³-hybridized carbons (Fsp3) is 0.133. The van der Waals surface area contributed by atoms with E-state index in [1.165, 1.54) is 0 Å². The third-order valence-corrected chi connectivity index (χ3v) is 3.23. The molecule has 0 aliphatic rings. The smallest absolute Gasteiger partial charge is 0.416 e. The number of anilines is 1. The van der Waals surface area contributed by atoms with Crippen molar-refractivity contribution in [2.24, 2.45) is 0 Å². The van der Waals surface area contributed by atoms with Crippen LogP contribution in [0.15, 0.2) is 42.5 Å². The highest BCUT2D eigenvalue weighted by molar-refractivity contribution is 6.30. The van der Waals surface area contributed by atoms with Gasteiger partial charge in [-0.2, -0.15) is 13.2 Å². The molecule has 2 rings (SSSR count). The van der Waals surface area contributed by atoms with Crippen molar-refractivity contribution in [1.82, 2.24) is 0 Å². The molecule has 0 aliphatic heterocycles. The SMILES string of the molecule is O=C(O)c1cc(C(F)(F)F)ccc1NCc1ccc(Cl)cc1. The zero-order valence-corrected chi connectivity index (χ0v) is 11.9. The summed E-state index contributed by atoms with van der Waals surface area (Å²) in [7, 11) is 0. The number of carboxylic acid groups (broad SMARTS) is 1. The Balaban J connectivity index is 2.23. The Hall–Kier alpha value is -2.21. The van der Waals surface area contributed by atoms with E-state index in [2.05, 4.69) is 5.32 Å². The number of hydrogen-bond acceptors (Lipinski definition) is 2. The summed E-state index contributed by atoms with van der Waals surface area (Å²) in [6, 6.07) is 9.39. The Kier molecular flexibility index (Phi) is 4.61. The van der Waals surface area contributed by atoms with Gasteiger partial charge in [0.2, 0.25) is 0 Å². The first-order valence-corrected chi connectivity index (χ1v) is 6.58. The van der Waals surface area contributed by atoms with Gasteiger partial charge >= 0.3 is 12.1 Å². The molecule has 0 amide bonds. The summed E-state index contributed by atoms with van der Waals surface area (Å²) in [5.74, 6) is -1.43. The minimum absolute atomic E-state index is 0.121. The van der Waals surface area contributed by atoms with Crippen molar-refractivity contribution in [2.75, 3.05) is 5.32 Å². The van der Waals surface area contributed by atoms with Gasteiger partial charge in [-0.1, -0.05) is 23.7 Å². The van der Waals surface area contributed by atoms with Crippen LogP contribution in [0.5, 0.6) is 0 Å². The summed E-state index contributed by atoms with van der Waals surface area (Å²) in [5.41, 5.74) is -0.484. The number of alkyl halides is 3. The first kappa shape index (κ1) is 16.2. The second kappa shape index (κ2) is 6.27. The molecule has 0 fully saturated rings. The number of rotatable bonds is 4. The number of nitrogens with one attached hydrogen (secondary N) is 1. The molecule has 0 aromatic heterocycles. The first-order chi connectivity index (χ1) is 10.3. The second-order valence-electron chi connectivity index (χ2n) is 4.54. The molecule has 2 aromatic rings. The molecule has 0 heterocycles. The first-order valence-electron chi connectivity index (χ1n) is 6.20. The summed E-state index contributed by atoms with van der Waals surface area (Å²) >= 11 is 5.75. The Morgan fingerprint density at radius 2 is 1.77 bits per heavy atom. The normalized spacial score (nSPS) is 11.3. The van der Waals surface area contributed by atoms with Crippen LogP contribution >= 0.6 is 11.6 Å². The number of hydrogen-bond donors (Lipinski definition) is 2. The van der Waals surface area contributed by atoms with Gasteiger partial charge in [0, 0.05) is 17.3 Å². The quantitative estimate of drug-likeness (QED) is 0.857. The van der Waals surface area contributed by atoms with Crippen LogP contribution in [0, 0.1) is 0 Å². The zero-order valence-electron chi connectivity index (χ0n) is 11.1. The summed E-state index contributed by atoms with van der Waals surface area (Å²) in [6.07, 6.45) is -4.58. The molecule has 0 aliphatic carbocycles. The van der Waals surface area contributed by atoms with Gasteiger partial charge in [0.15, 0.2) is 0 Å². The molecule has 0 unspecified atom stereocenters. The van der Waals surface area contributed by atoms with E-state index >= 15 is 0 Å². The molecule has 0 bridgehead atoms. The standard InChI is InChI=1S/C15H11ClF3NO2/c16-11-4-1-9(2-5-11)8-20-13-6-3-10(15(17,18)19)7-12(13)14(21)22/h1-7,20H,8H2,(H,21,22). The maximum Gasteiger partial charge on any atom is 0.416 e. The minimum atomic E-state index is -4.58. The lowest BCUT2D eigenvalue weighted by atomic mass is 10.1. The molecule has 22 heavy (non-hydrogen) atoms. The molecule has 2 N–H and O–H groups in total. The second-order valence-corrected chi connectivity index (χ2v) is 4.98. The summed E-state index contributed by atoms with van der Waals surface area (Å²) in [4.78, 5) is 11.1. The van der Waals surface area contributed by atoms with Crippen molar-refractivity contribution in [3.63, 3.8) is 0 Å². The molecule has 0 atom stereocenters. The maximum atomic E-state index is 12.6. The average Bonchev–Trinajstić information content (AvgIpc) is 2.45. The van der Waals surface area contributed by atoms with Gasteiger partial charge in [-0.15, -0.1) is 0 Å². The number of carbonyl (C=O) groups is 1. The molecular formula is C15H11ClF3NO2. The van der Waals surface area contributed by atoms with Crippen molar-refractivity contribution in [1.29, 1.82) is 0 Å². The number of benzene rings is 2. The Labute approximate surface area is 129 Å². The van der Waals surface area contributed by atoms with Crippen LogP contribution in [0.25, 0.3) is 0 Å². The highest BCUT2D eigenvalue weighted by atomic mass is 35.5. The van der Waals surface area contributed by atoms with Gasteiger partial charge in [0.1, 0.15) is 0 Å². The van der Waals surface area contributed by atoms with Crippen molar-refractivity contribution in [3.8, 4) is 0 Å². The van der Waals surface area contributed by atoms with E-state index in [9.17, 15) is 18.0 Å². The lowest BCUT2D eigenvalue weighted by Crippen LogP contribution is -2.11. The van der Waals surface area contributed by atoms with Crippen LogP contribution in [0.4, 0.5) is 18.9 Å². The van der Waals surface area contributed by atoms with E-state index in [-0.39, 0.29) is 12.2 Å². The van der Waals surface area contributed by atoms with E-state index in [1.807, 2.05) is 0 Å². The summed E-state index contributed by atoms with van der Waals surface area (Å²) in [5, 5.41) is 12.4. The Bertz CT molecular complexity index is 684. The molecule has 3 nitrogen and oxygen atoms in total. The number of carboxylic acids is 1. The van der Waals surface area contributed by atoms with E-state index < -0.39 is 23.3 Å². The summed E-state index contributed by atoms with van der Waals surface area (Å²) < 4.78 is 37.9. The highest BCUT2D eigenvalue weighted by Gasteiger charge is 2.31. The van der Waals surface area contributed by atoms with Gasteiger partial charge in [0.25, 0.3) is 0 Å². The molecule has 0 spiro atoms. The topological polar surface area (TPSA) is 49.3 Å². The van der Waals surface area contributed by atoms with Gasteiger partial charge in [-0.25, -0.2) is 4.79 Å². The van der Waals surface area contributed by atoms with Gasteiger partial charge in [-0.05, 0) is 35.9 Å². The number of aromatic carboxylic acids is 1. The molecule has 0 saturated heterocycles. The van der Waals surface area contributed by atoms with Gasteiger partial charge in [0.05, 0.1) is 11.1 Å². The van der Waals surface area contributed by atoms with Gasteiger partial charge in [-0.3, -0.25) is 0 Å². The highest BCUT2D eigenvalue weighted by Crippen LogP contribution is 2.32. The molecular weight excluding hydrogens is 319 g/mol. The molecule has 0 radical (unpaired) electrons. The van der Waals surface area contributed by atoms with Crippen LogP contribution in [-0.2, 0) is 12.7 Å². The summed E-state index contributed by atoms with van der Waals surface area (Å²) in [6.45, 7) is 0.267. The monoisotopic (exact) mass is 329 g/mol.